The molecule has 2 aromatic rings. The molecule has 0 amide bonds. The van der Waals surface area contributed by atoms with E-state index in [1.807, 2.05) is 11.3 Å². The van der Waals surface area contributed by atoms with Crippen LogP contribution in [-0.4, -0.2) is 6.54 Å². The van der Waals surface area contributed by atoms with Crippen LogP contribution in [-0.2, 0) is 6.42 Å². The molecule has 0 saturated heterocycles. The van der Waals surface area contributed by atoms with Gasteiger partial charge in [-0.3, -0.25) is 0 Å². The molecule has 0 saturated carbocycles. The van der Waals surface area contributed by atoms with Crippen LogP contribution in [0.1, 0.15) is 42.5 Å². The zero-order chi connectivity index (χ0) is 13.2. The third-order valence-corrected chi connectivity index (χ3v) is 5.07. The largest absolute Gasteiger partial charge is 0.310 e. The fourth-order valence-corrected chi connectivity index (χ4v) is 4.03. The molecule has 1 heterocycles. The molecule has 2 heteroatoms. The zero-order valence-corrected chi connectivity index (χ0v) is 12.5. The molecule has 0 radical (unpaired) electrons. The van der Waals surface area contributed by atoms with Gasteiger partial charge in [-0.15, -0.1) is 11.3 Å². The lowest BCUT2D eigenvalue weighted by atomic mass is 9.99. The highest BCUT2D eigenvalue weighted by Crippen LogP contribution is 2.40. The van der Waals surface area contributed by atoms with Crippen molar-refractivity contribution in [1.29, 1.82) is 0 Å². The van der Waals surface area contributed by atoms with Gasteiger partial charge >= 0.3 is 0 Å². The number of thiophene rings is 1. The Kier molecular flexibility index (Phi) is 3.72. The van der Waals surface area contributed by atoms with Crippen LogP contribution in [0.25, 0.3) is 10.4 Å². The summed E-state index contributed by atoms with van der Waals surface area (Å²) in [6.07, 6.45) is 3.66. The van der Waals surface area contributed by atoms with Crippen molar-refractivity contribution in [2.75, 3.05) is 6.54 Å². The molecule has 0 aliphatic heterocycles. The molecule has 0 spiro atoms. The van der Waals surface area contributed by atoms with E-state index in [2.05, 4.69) is 48.8 Å². The van der Waals surface area contributed by atoms with Crippen molar-refractivity contribution >= 4 is 11.3 Å². The molecule has 1 nitrogen and oxygen atoms in total. The Bertz CT molecular complexity index is 570. The van der Waals surface area contributed by atoms with E-state index in [0.717, 1.165) is 6.54 Å². The van der Waals surface area contributed by atoms with Crippen molar-refractivity contribution in [2.24, 2.45) is 0 Å². The first-order valence-corrected chi connectivity index (χ1v) is 8.09. The molecule has 1 aliphatic rings. The van der Waals surface area contributed by atoms with E-state index in [1.165, 1.54) is 40.8 Å². The summed E-state index contributed by atoms with van der Waals surface area (Å²) in [5.74, 6) is 0. The van der Waals surface area contributed by atoms with Gasteiger partial charge in [0.1, 0.15) is 0 Å². The van der Waals surface area contributed by atoms with Crippen molar-refractivity contribution < 1.29 is 0 Å². The molecule has 1 aliphatic carbocycles. The van der Waals surface area contributed by atoms with Crippen LogP contribution in [0.2, 0.25) is 0 Å². The molecular weight excluding hydrogens is 250 g/mol. The number of nitrogens with one attached hydrogen (secondary N) is 1. The Balaban J connectivity index is 1.98. The van der Waals surface area contributed by atoms with E-state index in [1.54, 1.807) is 5.56 Å². The minimum atomic E-state index is 0.565. The van der Waals surface area contributed by atoms with Crippen molar-refractivity contribution in [3.8, 4) is 10.4 Å². The summed E-state index contributed by atoms with van der Waals surface area (Å²) in [4.78, 5) is 1.45. The van der Waals surface area contributed by atoms with Crippen LogP contribution >= 0.6 is 11.3 Å². The summed E-state index contributed by atoms with van der Waals surface area (Å²) in [6, 6.07) is 9.61. The highest BCUT2D eigenvalue weighted by molar-refractivity contribution is 7.13. The van der Waals surface area contributed by atoms with Gasteiger partial charge in [0.25, 0.3) is 0 Å². The first kappa shape index (κ1) is 12.9. The standard InChI is InChI=1S/C17H21NS/c1-3-10-18-16-8-7-13-14(16)5-4-6-15(13)17-12(2)9-11-19-17/h4-6,9,11,16,18H,3,7-8,10H2,1-2H3. The molecule has 1 atom stereocenters. The monoisotopic (exact) mass is 271 g/mol. The number of rotatable bonds is 4. The van der Waals surface area contributed by atoms with Crippen LogP contribution in [0.3, 0.4) is 0 Å². The molecule has 0 bridgehead atoms. The quantitative estimate of drug-likeness (QED) is 0.849. The topological polar surface area (TPSA) is 12.0 Å². The van der Waals surface area contributed by atoms with E-state index in [0.29, 0.717) is 6.04 Å². The fraction of sp³-hybridized carbons (Fsp3) is 0.412. The first-order chi connectivity index (χ1) is 9.31. The van der Waals surface area contributed by atoms with Crippen LogP contribution < -0.4 is 5.32 Å². The third-order valence-electron chi connectivity index (χ3n) is 4.02. The number of aryl methyl sites for hydroxylation is 1. The molecule has 3 rings (SSSR count). The maximum absolute atomic E-state index is 3.68. The van der Waals surface area contributed by atoms with Gasteiger partial charge < -0.3 is 5.32 Å². The van der Waals surface area contributed by atoms with E-state index >= 15 is 0 Å². The predicted molar refractivity (Wildman–Crippen MR) is 83.8 cm³/mol. The second-order valence-corrected chi connectivity index (χ2v) is 6.27. The Labute approximate surface area is 119 Å². The molecule has 1 aromatic carbocycles. The summed E-state index contributed by atoms with van der Waals surface area (Å²) >= 11 is 1.87. The average molecular weight is 271 g/mol. The summed E-state index contributed by atoms with van der Waals surface area (Å²) < 4.78 is 0. The normalized spacial score (nSPS) is 17.7. The van der Waals surface area contributed by atoms with Gasteiger partial charge in [0, 0.05) is 10.9 Å². The maximum Gasteiger partial charge on any atom is 0.0374 e. The van der Waals surface area contributed by atoms with Crippen LogP contribution in [0, 0.1) is 6.92 Å². The molecule has 19 heavy (non-hydrogen) atoms. The fourth-order valence-electron chi connectivity index (χ4n) is 3.05. The highest BCUT2D eigenvalue weighted by atomic mass is 32.1. The smallest absolute Gasteiger partial charge is 0.0374 e. The molecule has 1 aromatic heterocycles. The van der Waals surface area contributed by atoms with E-state index in [-0.39, 0.29) is 0 Å². The molecule has 1 N–H and O–H groups in total. The Morgan fingerprint density at radius 1 is 1.32 bits per heavy atom. The Morgan fingerprint density at radius 2 is 2.21 bits per heavy atom. The van der Waals surface area contributed by atoms with Gasteiger partial charge in [-0.05, 0) is 66.4 Å². The average Bonchev–Trinajstić information content (AvgIpc) is 3.02. The summed E-state index contributed by atoms with van der Waals surface area (Å²) in [5, 5.41) is 5.88. The molecule has 1 unspecified atom stereocenters. The van der Waals surface area contributed by atoms with Crippen LogP contribution in [0.4, 0.5) is 0 Å². The van der Waals surface area contributed by atoms with Crippen molar-refractivity contribution in [2.45, 2.75) is 39.2 Å². The lowest BCUT2D eigenvalue weighted by Gasteiger charge is -2.14. The van der Waals surface area contributed by atoms with Gasteiger partial charge in [-0.1, -0.05) is 25.1 Å². The number of hydrogen-bond acceptors (Lipinski definition) is 2. The summed E-state index contributed by atoms with van der Waals surface area (Å²) in [7, 11) is 0. The summed E-state index contributed by atoms with van der Waals surface area (Å²) in [5.41, 5.74) is 5.97. The number of hydrogen-bond donors (Lipinski definition) is 1. The second kappa shape index (κ2) is 5.48. The van der Waals surface area contributed by atoms with Gasteiger partial charge in [0.05, 0.1) is 0 Å². The van der Waals surface area contributed by atoms with Gasteiger partial charge in [0.2, 0.25) is 0 Å². The van der Waals surface area contributed by atoms with E-state index in [9.17, 15) is 0 Å². The number of fused-ring (bicyclic) bond motifs is 1. The van der Waals surface area contributed by atoms with Crippen LogP contribution in [0.15, 0.2) is 29.6 Å². The third kappa shape index (κ3) is 2.35. The first-order valence-electron chi connectivity index (χ1n) is 7.21. The Hall–Kier alpha value is -1.12. The summed E-state index contributed by atoms with van der Waals surface area (Å²) in [6.45, 7) is 5.56. The van der Waals surface area contributed by atoms with Crippen molar-refractivity contribution in [1.82, 2.24) is 5.32 Å². The molecular formula is C17H21NS. The van der Waals surface area contributed by atoms with Gasteiger partial charge in [0.15, 0.2) is 0 Å². The van der Waals surface area contributed by atoms with Crippen molar-refractivity contribution in [3.63, 3.8) is 0 Å². The SMILES string of the molecule is CCCNC1CCc2c(-c3sccc3C)cccc21. The van der Waals surface area contributed by atoms with E-state index in [4.69, 9.17) is 0 Å². The maximum atomic E-state index is 3.68. The predicted octanol–water partition coefficient (Wildman–Crippen LogP) is 4.71. The number of benzene rings is 1. The van der Waals surface area contributed by atoms with Gasteiger partial charge in [-0.2, -0.15) is 0 Å². The minimum absolute atomic E-state index is 0.565. The zero-order valence-electron chi connectivity index (χ0n) is 11.7. The lowest BCUT2D eigenvalue weighted by Crippen LogP contribution is -2.19. The lowest BCUT2D eigenvalue weighted by molar-refractivity contribution is 0.529. The van der Waals surface area contributed by atoms with Crippen molar-refractivity contribution in [3.05, 3.63) is 46.3 Å². The van der Waals surface area contributed by atoms with E-state index < -0.39 is 0 Å². The Morgan fingerprint density at radius 3 is 2.95 bits per heavy atom. The van der Waals surface area contributed by atoms with Crippen LogP contribution in [0.5, 0.6) is 0 Å². The highest BCUT2D eigenvalue weighted by Gasteiger charge is 2.24. The van der Waals surface area contributed by atoms with Gasteiger partial charge in [-0.25, -0.2) is 0 Å². The minimum Gasteiger partial charge on any atom is -0.310 e. The second-order valence-electron chi connectivity index (χ2n) is 5.35. The molecule has 0 fully saturated rings. The molecule has 100 valence electrons.